The van der Waals surface area contributed by atoms with Gasteiger partial charge in [-0.1, -0.05) is 30.3 Å². The lowest BCUT2D eigenvalue weighted by Gasteiger charge is -2.22. The first-order chi connectivity index (χ1) is 6.84. The number of hydrogen-bond donors (Lipinski definition) is 2. The number of nitrogens with two attached hydrogens (primary N) is 1. The second-order valence-corrected chi connectivity index (χ2v) is 3.76. The SMILES string of the molecule is NC1CCNC(=Cc2ccccc2)C1. The molecule has 2 nitrogen and oxygen atoms in total. The van der Waals surface area contributed by atoms with Crippen molar-refractivity contribution in [3.8, 4) is 0 Å². The smallest absolute Gasteiger partial charge is 0.0158 e. The van der Waals surface area contributed by atoms with Gasteiger partial charge in [0.2, 0.25) is 0 Å². The van der Waals surface area contributed by atoms with Crippen molar-refractivity contribution in [3.05, 3.63) is 41.6 Å². The van der Waals surface area contributed by atoms with Crippen LogP contribution in [0.1, 0.15) is 18.4 Å². The molecule has 2 heteroatoms. The number of rotatable bonds is 1. The Kier molecular flexibility index (Phi) is 2.84. The minimum Gasteiger partial charge on any atom is -0.388 e. The van der Waals surface area contributed by atoms with Gasteiger partial charge in [0.05, 0.1) is 0 Å². The van der Waals surface area contributed by atoms with Gasteiger partial charge in [-0.05, 0) is 18.1 Å². The highest BCUT2D eigenvalue weighted by Crippen LogP contribution is 2.13. The predicted molar refractivity (Wildman–Crippen MR) is 59.6 cm³/mol. The zero-order valence-corrected chi connectivity index (χ0v) is 8.24. The van der Waals surface area contributed by atoms with Crippen molar-refractivity contribution in [1.29, 1.82) is 0 Å². The van der Waals surface area contributed by atoms with E-state index in [2.05, 4.69) is 35.7 Å². The summed E-state index contributed by atoms with van der Waals surface area (Å²) in [5.74, 6) is 0. The Hall–Kier alpha value is -1.28. The third kappa shape index (κ3) is 2.36. The maximum atomic E-state index is 5.90. The molecule has 1 aliphatic heterocycles. The van der Waals surface area contributed by atoms with Gasteiger partial charge >= 0.3 is 0 Å². The summed E-state index contributed by atoms with van der Waals surface area (Å²) in [5.41, 5.74) is 8.40. The van der Waals surface area contributed by atoms with Crippen LogP contribution in [0.5, 0.6) is 0 Å². The van der Waals surface area contributed by atoms with E-state index in [4.69, 9.17) is 5.73 Å². The van der Waals surface area contributed by atoms with Crippen molar-refractivity contribution < 1.29 is 0 Å². The summed E-state index contributed by atoms with van der Waals surface area (Å²) in [4.78, 5) is 0. The van der Waals surface area contributed by atoms with Crippen molar-refractivity contribution in [2.45, 2.75) is 18.9 Å². The third-order valence-electron chi connectivity index (χ3n) is 2.49. The van der Waals surface area contributed by atoms with Gasteiger partial charge in [0, 0.05) is 24.7 Å². The zero-order chi connectivity index (χ0) is 9.80. The van der Waals surface area contributed by atoms with E-state index in [1.807, 2.05) is 6.07 Å². The maximum absolute atomic E-state index is 5.90. The van der Waals surface area contributed by atoms with Crippen LogP contribution in [0, 0.1) is 0 Å². The van der Waals surface area contributed by atoms with E-state index in [-0.39, 0.29) is 0 Å². The average molecular weight is 188 g/mol. The second kappa shape index (κ2) is 4.29. The Bertz CT molecular complexity index is 316. The van der Waals surface area contributed by atoms with Gasteiger partial charge in [-0.2, -0.15) is 0 Å². The van der Waals surface area contributed by atoms with E-state index >= 15 is 0 Å². The van der Waals surface area contributed by atoms with E-state index in [0.29, 0.717) is 6.04 Å². The lowest BCUT2D eigenvalue weighted by atomic mass is 10.0. The molecule has 0 bridgehead atoms. The van der Waals surface area contributed by atoms with Crippen molar-refractivity contribution in [2.75, 3.05) is 6.54 Å². The molecule has 2 rings (SSSR count). The Balaban J connectivity index is 2.10. The molecule has 0 saturated carbocycles. The van der Waals surface area contributed by atoms with E-state index in [0.717, 1.165) is 19.4 Å². The fourth-order valence-corrected chi connectivity index (χ4v) is 1.74. The van der Waals surface area contributed by atoms with Gasteiger partial charge < -0.3 is 11.1 Å². The van der Waals surface area contributed by atoms with Crippen LogP contribution >= 0.6 is 0 Å². The first-order valence-electron chi connectivity index (χ1n) is 5.09. The normalized spacial score (nSPS) is 24.6. The van der Waals surface area contributed by atoms with Crippen molar-refractivity contribution in [3.63, 3.8) is 0 Å². The molecule has 0 radical (unpaired) electrons. The summed E-state index contributed by atoms with van der Waals surface area (Å²) in [6, 6.07) is 10.7. The minimum atomic E-state index is 0.325. The Morgan fingerprint density at radius 2 is 2.07 bits per heavy atom. The molecule has 1 unspecified atom stereocenters. The van der Waals surface area contributed by atoms with Crippen LogP contribution in [0.25, 0.3) is 6.08 Å². The van der Waals surface area contributed by atoms with Gasteiger partial charge in [-0.3, -0.25) is 0 Å². The fourth-order valence-electron chi connectivity index (χ4n) is 1.74. The standard InChI is InChI=1S/C12H16N2/c13-11-6-7-14-12(9-11)8-10-4-2-1-3-5-10/h1-5,8,11,14H,6-7,9,13H2. The number of nitrogens with one attached hydrogen (secondary N) is 1. The highest BCUT2D eigenvalue weighted by molar-refractivity contribution is 5.52. The van der Waals surface area contributed by atoms with E-state index < -0.39 is 0 Å². The molecular weight excluding hydrogens is 172 g/mol. The molecule has 3 N–H and O–H groups in total. The number of piperidine rings is 1. The Morgan fingerprint density at radius 1 is 1.29 bits per heavy atom. The van der Waals surface area contributed by atoms with Crippen molar-refractivity contribution in [1.82, 2.24) is 5.32 Å². The first-order valence-corrected chi connectivity index (χ1v) is 5.09. The fraction of sp³-hybridized carbons (Fsp3) is 0.333. The Morgan fingerprint density at radius 3 is 2.79 bits per heavy atom. The lowest BCUT2D eigenvalue weighted by molar-refractivity contribution is 0.515. The second-order valence-electron chi connectivity index (χ2n) is 3.76. The minimum absolute atomic E-state index is 0.325. The molecule has 0 aliphatic carbocycles. The molecule has 14 heavy (non-hydrogen) atoms. The maximum Gasteiger partial charge on any atom is 0.0158 e. The van der Waals surface area contributed by atoms with Gasteiger partial charge in [0.15, 0.2) is 0 Å². The lowest BCUT2D eigenvalue weighted by Crippen LogP contribution is -2.34. The molecule has 74 valence electrons. The van der Waals surface area contributed by atoms with Crippen LogP contribution in [-0.4, -0.2) is 12.6 Å². The topological polar surface area (TPSA) is 38.0 Å². The summed E-state index contributed by atoms with van der Waals surface area (Å²) in [7, 11) is 0. The molecule has 0 aromatic heterocycles. The summed E-state index contributed by atoms with van der Waals surface area (Å²) < 4.78 is 0. The zero-order valence-electron chi connectivity index (χ0n) is 8.24. The van der Waals surface area contributed by atoms with Crippen LogP contribution in [0.3, 0.4) is 0 Å². The highest BCUT2D eigenvalue weighted by atomic mass is 14.9. The molecule has 1 aliphatic rings. The van der Waals surface area contributed by atoms with E-state index in [1.54, 1.807) is 0 Å². The quantitative estimate of drug-likeness (QED) is 0.704. The molecule has 1 fully saturated rings. The van der Waals surface area contributed by atoms with Crippen LogP contribution < -0.4 is 11.1 Å². The molecule has 1 atom stereocenters. The molecule has 1 aromatic rings. The van der Waals surface area contributed by atoms with Crippen LogP contribution in [0.4, 0.5) is 0 Å². The van der Waals surface area contributed by atoms with Crippen LogP contribution in [0.2, 0.25) is 0 Å². The molecule has 0 spiro atoms. The molecular formula is C12H16N2. The Labute approximate surface area is 84.8 Å². The summed E-state index contributed by atoms with van der Waals surface area (Å²) in [6.07, 6.45) is 4.22. The average Bonchev–Trinajstić information content (AvgIpc) is 2.19. The third-order valence-corrected chi connectivity index (χ3v) is 2.49. The predicted octanol–water partition coefficient (Wildman–Crippen LogP) is 1.74. The van der Waals surface area contributed by atoms with Gasteiger partial charge in [0.25, 0.3) is 0 Å². The van der Waals surface area contributed by atoms with E-state index in [1.165, 1.54) is 11.3 Å². The van der Waals surface area contributed by atoms with Gasteiger partial charge in [-0.15, -0.1) is 0 Å². The van der Waals surface area contributed by atoms with Crippen LogP contribution in [-0.2, 0) is 0 Å². The molecule has 0 amide bonds. The van der Waals surface area contributed by atoms with Crippen molar-refractivity contribution >= 4 is 6.08 Å². The summed E-state index contributed by atoms with van der Waals surface area (Å²) in [5, 5.41) is 3.38. The highest BCUT2D eigenvalue weighted by Gasteiger charge is 2.11. The van der Waals surface area contributed by atoms with Crippen LogP contribution in [0.15, 0.2) is 36.0 Å². The summed E-state index contributed by atoms with van der Waals surface area (Å²) in [6.45, 7) is 1.000. The van der Waals surface area contributed by atoms with Gasteiger partial charge in [0.1, 0.15) is 0 Å². The van der Waals surface area contributed by atoms with E-state index in [9.17, 15) is 0 Å². The summed E-state index contributed by atoms with van der Waals surface area (Å²) >= 11 is 0. The monoisotopic (exact) mass is 188 g/mol. The molecule has 1 saturated heterocycles. The van der Waals surface area contributed by atoms with Crippen molar-refractivity contribution in [2.24, 2.45) is 5.73 Å². The number of hydrogen-bond acceptors (Lipinski definition) is 2. The first kappa shape index (κ1) is 9.28. The molecule has 1 aromatic carbocycles. The number of benzene rings is 1. The van der Waals surface area contributed by atoms with Gasteiger partial charge in [-0.25, -0.2) is 0 Å². The molecule has 1 heterocycles. The largest absolute Gasteiger partial charge is 0.388 e.